The molecule has 0 radical (unpaired) electrons. The van der Waals surface area contributed by atoms with E-state index in [2.05, 4.69) is 5.32 Å². The van der Waals surface area contributed by atoms with E-state index in [0.29, 0.717) is 22.8 Å². The number of hydrogen-bond acceptors (Lipinski definition) is 4. The number of nitrogens with one attached hydrogen (secondary N) is 1. The summed E-state index contributed by atoms with van der Waals surface area (Å²) in [5.41, 5.74) is 2.78. The fraction of sp³-hybridized carbons (Fsp3) is 0.310. The van der Waals surface area contributed by atoms with Crippen LogP contribution in [0.25, 0.3) is 0 Å². The van der Waals surface area contributed by atoms with E-state index in [4.69, 9.17) is 11.6 Å². The van der Waals surface area contributed by atoms with Gasteiger partial charge >= 0.3 is 0 Å². The molecule has 202 valence electrons. The van der Waals surface area contributed by atoms with Crippen LogP contribution < -0.4 is 9.62 Å². The SMILES string of the molecule is CCCNC(=O)C(C)N(Cc1ccccc1Cl)C(=O)CN(c1cccc(C)c1)S(=O)(=O)c1ccc(C)cc1. The van der Waals surface area contributed by atoms with Gasteiger partial charge in [-0.3, -0.25) is 13.9 Å². The second-order valence-electron chi connectivity index (χ2n) is 9.24. The first-order valence-electron chi connectivity index (χ1n) is 12.5. The van der Waals surface area contributed by atoms with Crippen LogP contribution in [-0.4, -0.2) is 44.3 Å². The lowest BCUT2D eigenvalue weighted by molar-refractivity contribution is -0.139. The second kappa shape index (κ2) is 12.9. The van der Waals surface area contributed by atoms with Gasteiger partial charge in [-0.1, -0.05) is 66.6 Å². The molecule has 2 amide bonds. The summed E-state index contributed by atoms with van der Waals surface area (Å²) in [7, 11) is -4.10. The molecule has 0 aliphatic heterocycles. The van der Waals surface area contributed by atoms with Gasteiger partial charge in [0.05, 0.1) is 10.6 Å². The molecule has 0 saturated heterocycles. The second-order valence-corrected chi connectivity index (χ2v) is 11.5. The highest BCUT2D eigenvalue weighted by Crippen LogP contribution is 2.26. The third-order valence-corrected chi connectivity index (χ3v) is 8.35. The molecule has 9 heteroatoms. The molecule has 1 unspecified atom stereocenters. The maximum atomic E-state index is 13.9. The van der Waals surface area contributed by atoms with Crippen molar-refractivity contribution in [3.05, 3.63) is 94.5 Å². The molecule has 0 saturated carbocycles. The summed E-state index contributed by atoms with van der Waals surface area (Å²) in [6.07, 6.45) is 0.743. The minimum absolute atomic E-state index is 0.0471. The standard InChI is InChI=1S/C29H34ClN3O4S/c1-5-17-31-29(35)23(4)32(19-24-10-6-7-12-27(24)30)28(34)20-33(25-11-8-9-22(3)18-25)38(36,37)26-15-13-21(2)14-16-26/h6-16,18,23H,5,17,19-20H2,1-4H3,(H,31,35). The van der Waals surface area contributed by atoms with Crippen LogP contribution in [-0.2, 0) is 26.2 Å². The van der Waals surface area contributed by atoms with Crippen LogP contribution in [0.15, 0.2) is 77.7 Å². The van der Waals surface area contributed by atoms with Crippen molar-refractivity contribution in [3.63, 3.8) is 0 Å². The zero-order valence-electron chi connectivity index (χ0n) is 22.1. The lowest BCUT2D eigenvalue weighted by Crippen LogP contribution is -2.51. The van der Waals surface area contributed by atoms with Gasteiger partial charge in [-0.2, -0.15) is 0 Å². The Morgan fingerprint density at radius 2 is 1.63 bits per heavy atom. The van der Waals surface area contributed by atoms with Crippen molar-refractivity contribution >= 4 is 39.1 Å². The number of hydrogen-bond donors (Lipinski definition) is 1. The molecule has 0 bridgehead atoms. The van der Waals surface area contributed by atoms with Crippen molar-refractivity contribution in [2.75, 3.05) is 17.4 Å². The topological polar surface area (TPSA) is 86.8 Å². The molecule has 0 aliphatic rings. The molecular formula is C29H34ClN3O4S. The number of halogens is 1. The predicted molar refractivity (Wildman–Crippen MR) is 152 cm³/mol. The maximum absolute atomic E-state index is 13.9. The van der Waals surface area contributed by atoms with Gasteiger partial charge in [0.2, 0.25) is 11.8 Å². The number of carbonyl (C=O) groups excluding carboxylic acids is 2. The van der Waals surface area contributed by atoms with Crippen molar-refractivity contribution in [1.82, 2.24) is 10.2 Å². The van der Waals surface area contributed by atoms with E-state index < -0.39 is 28.5 Å². The molecule has 3 aromatic rings. The van der Waals surface area contributed by atoms with Crippen molar-refractivity contribution in [2.45, 2.75) is 51.6 Å². The highest BCUT2D eigenvalue weighted by Gasteiger charge is 2.32. The van der Waals surface area contributed by atoms with Gasteiger partial charge in [0.15, 0.2) is 0 Å². The van der Waals surface area contributed by atoms with Crippen LogP contribution in [0, 0.1) is 13.8 Å². The van der Waals surface area contributed by atoms with Crippen LogP contribution >= 0.6 is 11.6 Å². The number of rotatable bonds is 11. The number of aryl methyl sites for hydroxylation is 2. The summed E-state index contributed by atoms with van der Waals surface area (Å²) in [6.45, 7) is 7.32. The third kappa shape index (κ3) is 7.14. The average Bonchev–Trinajstić information content (AvgIpc) is 2.89. The normalized spacial score (nSPS) is 12.0. The number of sulfonamides is 1. The van der Waals surface area contributed by atoms with Gasteiger partial charge in [0.1, 0.15) is 12.6 Å². The number of nitrogens with zero attached hydrogens (tertiary/aromatic N) is 2. The first-order valence-corrected chi connectivity index (χ1v) is 14.3. The van der Waals surface area contributed by atoms with Crippen LogP contribution in [0.4, 0.5) is 5.69 Å². The molecule has 3 rings (SSSR count). The van der Waals surface area contributed by atoms with Gasteiger partial charge < -0.3 is 10.2 Å². The van der Waals surface area contributed by atoms with E-state index in [-0.39, 0.29) is 17.3 Å². The molecule has 0 spiro atoms. The Labute approximate surface area is 230 Å². The molecule has 7 nitrogen and oxygen atoms in total. The molecule has 38 heavy (non-hydrogen) atoms. The van der Waals surface area contributed by atoms with Crippen molar-refractivity contribution in [2.24, 2.45) is 0 Å². The summed E-state index contributed by atoms with van der Waals surface area (Å²) < 4.78 is 28.8. The molecule has 0 aliphatic carbocycles. The number of anilines is 1. The number of amides is 2. The fourth-order valence-corrected chi connectivity index (χ4v) is 5.54. The molecule has 0 aromatic heterocycles. The third-order valence-electron chi connectivity index (χ3n) is 6.19. The highest BCUT2D eigenvalue weighted by molar-refractivity contribution is 7.92. The molecule has 0 fully saturated rings. The minimum atomic E-state index is -4.10. The number of carbonyl (C=O) groups is 2. The minimum Gasteiger partial charge on any atom is -0.354 e. The Bertz CT molecular complexity index is 1380. The van der Waals surface area contributed by atoms with Crippen LogP contribution in [0.1, 0.15) is 37.0 Å². The molecular weight excluding hydrogens is 522 g/mol. The Morgan fingerprint density at radius 3 is 2.26 bits per heavy atom. The first kappa shape index (κ1) is 29.2. The maximum Gasteiger partial charge on any atom is 0.264 e. The van der Waals surface area contributed by atoms with Crippen LogP contribution in [0.3, 0.4) is 0 Å². The van der Waals surface area contributed by atoms with Crippen LogP contribution in [0.5, 0.6) is 0 Å². The molecule has 3 aromatic carbocycles. The van der Waals surface area contributed by atoms with E-state index in [9.17, 15) is 18.0 Å². The van der Waals surface area contributed by atoms with Gasteiger partial charge in [-0.05, 0) is 68.7 Å². The fourth-order valence-electron chi connectivity index (χ4n) is 3.94. The Kier molecular flexibility index (Phi) is 9.94. The molecule has 0 heterocycles. The lowest BCUT2D eigenvalue weighted by Gasteiger charge is -2.32. The Morgan fingerprint density at radius 1 is 0.947 bits per heavy atom. The quantitative estimate of drug-likeness (QED) is 0.357. The summed E-state index contributed by atoms with van der Waals surface area (Å²) in [5, 5.41) is 3.28. The highest BCUT2D eigenvalue weighted by atomic mass is 35.5. The van der Waals surface area contributed by atoms with Crippen molar-refractivity contribution in [3.8, 4) is 0 Å². The Hall–Kier alpha value is -3.36. The van der Waals surface area contributed by atoms with Gasteiger partial charge in [0.25, 0.3) is 10.0 Å². The van der Waals surface area contributed by atoms with E-state index in [1.165, 1.54) is 17.0 Å². The zero-order valence-corrected chi connectivity index (χ0v) is 23.7. The summed E-state index contributed by atoms with van der Waals surface area (Å²) in [4.78, 5) is 28.2. The van der Waals surface area contributed by atoms with Crippen molar-refractivity contribution < 1.29 is 18.0 Å². The van der Waals surface area contributed by atoms with E-state index >= 15 is 0 Å². The lowest BCUT2D eigenvalue weighted by atomic mass is 10.1. The van der Waals surface area contributed by atoms with Gasteiger partial charge in [-0.15, -0.1) is 0 Å². The summed E-state index contributed by atoms with van der Waals surface area (Å²) in [6, 6.07) is 19.7. The number of benzene rings is 3. The molecule has 1 N–H and O–H groups in total. The zero-order chi connectivity index (χ0) is 27.9. The van der Waals surface area contributed by atoms with Gasteiger partial charge in [-0.25, -0.2) is 8.42 Å². The predicted octanol–water partition coefficient (Wildman–Crippen LogP) is 5.10. The van der Waals surface area contributed by atoms with Crippen LogP contribution in [0.2, 0.25) is 5.02 Å². The Balaban J connectivity index is 2.03. The monoisotopic (exact) mass is 555 g/mol. The van der Waals surface area contributed by atoms with Crippen molar-refractivity contribution in [1.29, 1.82) is 0 Å². The van der Waals surface area contributed by atoms with E-state index in [1.807, 2.05) is 26.8 Å². The van der Waals surface area contributed by atoms with E-state index in [0.717, 1.165) is 21.9 Å². The smallest absolute Gasteiger partial charge is 0.264 e. The van der Waals surface area contributed by atoms with E-state index in [1.54, 1.807) is 61.5 Å². The first-order chi connectivity index (χ1) is 18.0. The average molecular weight is 556 g/mol. The molecule has 1 atom stereocenters. The van der Waals surface area contributed by atoms with Gasteiger partial charge in [0, 0.05) is 18.1 Å². The largest absolute Gasteiger partial charge is 0.354 e. The summed E-state index contributed by atoms with van der Waals surface area (Å²) in [5.74, 6) is -0.850. The summed E-state index contributed by atoms with van der Waals surface area (Å²) >= 11 is 6.38.